The highest BCUT2D eigenvalue weighted by Crippen LogP contribution is 2.15. The molecule has 0 spiro atoms. The van der Waals surface area contributed by atoms with Gasteiger partial charge in [-0.25, -0.2) is 0 Å². The van der Waals surface area contributed by atoms with E-state index in [9.17, 15) is 4.79 Å². The molecule has 0 radical (unpaired) electrons. The summed E-state index contributed by atoms with van der Waals surface area (Å²) in [7, 11) is 0. The maximum absolute atomic E-state index is 11.3. The van der Waals surface area contributed by atoms with Crippen LogP contribution in [0.5, 0.6) is 0 Å². The van der Waals surface area contributed by atoms with Crippen LogP contribution in [0.4, 0.5) is 0 Å². The predicted molar refractivity (Wildman–Crippen MR) is 63.7 cm³/mol. The minimum absolute atomic E-state index is 0.00143. The van der Waals surface area contributed by atoms with Crippen molar-refractivity contribution in [1.82, 2.24) is 0 Å². The minimum Gasteiger partial charge on any atom is -0.465 e. The Morgan fingerprint density at radius 3 is 2.27 bits per heavy atom. The molecular formula is C13H26O2. The quantitative estimate of drug-likeness (QED) is 0.575. The van der Waals surface area contributed by atoms with E-state index in [0.29, 0.717) is 12.5 Å². The number of esters is 1. The Balaban J connectivity index is 3.78. The van der Waals surface area contributed by atoms with E-state index in [-0.39, 0.29) is 11.9 Å². The Hall–Kier alpha value is -0.530. The molecule has 0 aliphatic heterocycles. The van der Waals surface area contributed by atoms with Crippen LogP contribution in [0.15, 0.2) is 0 Å². The van der Waals surface area contributed by atoms with Gasteiger partial charge in [-0.2, -0.15) is 0 Å². The molecule has 0 N–H and O–H groups in total. The third kappa shape index (κ3) is 7.40. The highest BCUT2D eigenvalue weighted by molar-refractivity contribution is 5.71. The van der Waals surface area contributed by atoms with E-state index in [1.807, 2.05) is 13.8 Å². The highest BCUT2D eigenvalue weighted by Gasteiger charge is 2.13. The fourth-order valence-corrected chi connectivity index (χ4v) is 1.58. The van der Waals surface area contributed by atoms with Crippen LogP contribution in [0, 0.1) is 11.8 Å². The zero-order valence-electron chi connectivity index (χ0n) is 10.7. The summed E-state index contributed by atoms with van der Waals surface area (Å²) in [5.41, 5.74) is 0. The zero-order valence-corrected chi connectivity index (χ0v) is 10.7. The monoisotopic (exact) mass is 214 g/mol. The van der Waals surface area contributed by atoms with Gasteiger partial charge in [0.2, 0.25) is 0 Å². The molecule has 0 heterocycles. The first-order valence-corrected chi connectivity index (χ1v) is 6.28. The highest BCUT2D eigenvalue weighted by atomic mass is 16.5. The van der Waals surface area contributed by atoms with Crippen molar-refractivity contribution in [2.45, 2.75) is 59.8 Å². The second-order valence-corrected chi connectivity index (χ2v) is 4.58. The molecule has 0 saturated carbocycles. The average molecular weight is 214 g/mol. The Bertz CT molecular complexity index is 164. The van der Waals surface area contributed by atoms with Crippen LogP contribution in [0.2, 0.25) is 0 Å². The summed E-state index contributed by atoms with van der Waals surface area (Å²) in [4.78, 5) is 11.3. The van der Waals surface area contributed by atoms with Gasteiger partial charge in [-0.15, -0.1) is 0 Å². The third-order valence-corrected chi connectivity index (χ3v) is 2.60. The van der Waals surface area contributed by atoms with Crippen LogP contribution in [0.1, 0.15) is 59.8 Å². The molecule has 0 amide bonds. The van der Waals surface area contributed by atoms with Crippen molar-refractivity contribution in [3.05, 3.63) is 0 Å². The molecule has 0 aromatic carbocycles. The second kappa shape index (κ2) is 8.75. The Morgan fingerprint density at radius 2 is 1.80 bits per heavy atom. The molecule has 0 aromatic heterocycles. The number of hydrogen-bond donors (Lipinski definition) is 0. The standard InChI is InChI=1S/C13H26O2/c1-5-7-9-12(8-6-2)10-15-13(14)11(3)4/h11-12H,5-10H2,1-4H3. The van der Waals surface area contributed by atoms with E-state index >= 15 is 0 Å². The average Bonchev–Trinajstić information content (AvgIpc) is 2.21. The summed E-state index contributed by atoms with van der Waals surface area (Å²) in [5.74, 6) is 0.503. The maximum Gasteiger partial charge on any atom is 0.308 e. The molecule has 1 unspecified atom stereocenters. The van der Waals surface area contributed by atoms with E-state index in [1.54, 1.807) is 0 Å². The summed E-state index contributed by atoms with van der Waals surface area (Å²) < 4.78 is 5.28. The van der Waals surface area contributed by atoms with Crippen molar-refractivity contribution < 1.29 is 9.53 Å². The minimum atomic E-state index is -0.0624. The van der Waals surface area contributed by atoms with E-state index < -0.39 is 0 Å². The van der Waals surface area contributed by atoms with Gasteiger partial charge in [0.15, 0.2) is 0 Å². The first-order chi connectivity index (χ1) is 7.11. The van der Waals surface area contributed by atoms with Gasteiger partial charge >= 0.3 is 5.97 Å². The lowest BCUT2D eigenvalue weighted by atomic mass is 9.98. The zero-order chi connectivity index (χ0) is 11.7. The molecule has 2 nitrogen and oxygen atoms in total. The van der Waals surface area contributed by atoms with Crippen LogP contribution in [-0.4, -0.2) is 12.6 Å². The van der Waals surface area contributed by atoms with Gasteiger partial charge in [0, 0.05) is 0 Å². The maximum atomic E-state index is 11.3. The number of carbonyl (C=O) groups is 1. The first kappa shape index (κ1) is 14.5. The molecule has 0 bridgehead atoms. The fraction of sp³-hybridized carbons (Fsp3) is 0.923. The van der Waals surface area contributed by atoms with Crippen molar-refractivity contribution in [2.75, 3.05) is 6.61 Å². The molecule has 90 valence electrons. The Morgan fingerprint density at radius 1 is 1.13 bits per heavy atom. The van der Waals surface area contributed by atoms with Crippen molar-refractivity contribution in [2.24, 2.45) is 11.8 Å². The number of ether oxygens (including phenoxy) is 1. The van der Waals surface area contributed by atoms with Gasteiger partial charge in [-0.05, 0) is 18.8 Å². The van der Waals surface area contributed by atoms with Crippen LogP contribution in [0.3, 0.4) is 0 Å². The molecule has 0 aliphatic rings. The molecular weight excluding hydrogens is 188 g/mol. The van der Waals surface area contributed by atoms with E-state index in [1.165, 1.54) is 32.1 Å². The summed E-state index contributed by atoms with van der Waals surface area (Å²) in [5, 5.41) is 0. The van der Waals surface area contributed by atoms with Gasteiger partial charge in [0.25, 0.3) is 0 Å². The van der Waals surface area contributed by atoms with Crippen molar-refractivity contribution >= 4 is 5.97 Å². The SMILES string of the molecule is CCCCC(CCC)COC(=O)C(C)C. The lowest BCUT2D eigenvalue weighted by Crippen LogP contribution is -2.17. The normalized spacial score (nSPS) is 12.9. The van der Waals surface area contributed by atoms with Gasteiger partial charge in [-0.1, -0.05) is 47.0 Å². The summed E-state index contributed by atoms with van der Waals surface area (Å²) in [6.07, 6.45) is 6.00. The molecule has 1 atom stereocenters. The van der Waals surface area contributed by atoms with Gasteiger partial charge in [0.1, 0.15) is 0 Å². The second-order valence-electron chi connectivity index (χ2n) is 4.58. The number of carbonyl (C=O) groups excluding carboxylic acids is 1. The van der Waals surface area contributed by atoms with Crippen molar-refractivity contribution in [3.8, 4) is 0 Å². The van der Waals surface area contributed by atoms with E-state index in [2.05, 4.69) is 13.8 Å². The summed E-state index contributed by atoms with van der Waals surface area (Å²) >= 11 is 0. The third-order valence-electron chi connectivity index (χ3n) is 2.60. The van der Waals surface area contributed by atoms with Crippen LogP contribution >= 0.6 is 0 Å². The topological polar surface area (TPSA) is 26.3 Å². The number of hydrogen-bond acceptors (Lipinski definition) is 2. The molecule has 0 aliphatic carbocycles. The van der Waals surface area contributed by atoms with Crippen LogP contribution in [0.25, 0.3) is 0 Å². The smallest absolute Gasteiger partial charge is 0.308 e. The van der Waals surface area contributed by atoms with Crippen molar-refractivity contribution in [3.63, 3.8) is 0 Å². The number of unbranched alkanes of at least 4 members (excludes halogenated alkanes) is 1. The van der Waals surface area contributed by atoms with Gasteiger partial charge in [-0.3, -0.25) is 4.79 Å². The van der Waals surface area contributed by atoms with E-state index in [4.69, 9.17) is 4.74 Å². The lowest BCUT2D eigenvalue weighted by Gasteiger charge is -2.16. The fourth-order valence-electron chi connectivity index (χ4n) is 1.58. The molecule has 0 rings (SSSR count). The summed E-state index contributed by atoms with van der Waals surface area (Å²) in [6, 6.07) is 0. The molecule has 0 saturated heterocycles. The Kier molecular flexibility index (Phi) is 8.44. The first-order valence-electron chi connectivity index (χ1n) is 6.28. The lowest BCUT2D eigenvalue weighted by molar-refractivity contribution is -0.148. The molecule has 15 heavy (non-hydrogen) atoms. The predicted octanol–water partition coefficient (Wildman–Crippen LogP) is 3.79. The van der Waals surface area contributed by atoms with Gasteiger partial charge < -0.3 is 4.74 Å². The van der Waals surface area contributed by atoms with Crippen LogP contribution in [-0.2, 0) is 9.53 Å². The van der Waals surface area contributed by atoms with E-state index in [0.717, 1.165) is 0 Å². The van der Waals surface area contributed by atoms with Gasteiger partial charge in [0.05, 0.1) is 12.5 Å². The van der Waals surface area contributed by atoms with Crippen LogP contribution < -0.4 is 0 Å². The summed E-state index contributed by atoms with van der Waals surface area (Å²) in [6.45, 7) is 8.75. The molecule has 0 fully saturated rings. The van der Waals surface area contributed by atoms with Crippen molar-refractivity contribution in [1.29, 1.82) is 0 Å². The largest absolute Gasteiger partial charge is 0.465 e. The molecule has 0 aromatic rings. The molecule has 2 heteroatoms. The Labute approximate surface area is 94.4 Å². The number of rotatable bonds is 8.